The van der Waals surface area contributed by atoms with Crippen LogP contribution in [-0.2, 0) is 12.7 Å². The molecule has 2 aromatic rings. The molecule has 5 heteroatoms. The first-order valence-corrected chi connectivity index (χ1v) is 7.58. The van der Waals surface area contributed by atoms with Crippen LogP contribution in [-0.4, -0.2) is 17.2 Å². The van der Waals surface area contributed by atoms with Gasteiger partial charge < -0.3 is 4.90 Å². The van der Waals surface area contributed by atoms with Crippen LogP contribution in [0.25, 0.3) is 0 Å². The van der Waals surface area contributed by atoms with Crippen LogP contribution in [0.3, 0.4) is 0 Å². The number of ketones is 1. The van der Waals surface area contributed by atoms with Gasteiger partial charge in [-0.05, 0) is 24.6 Å². The minimum absolute atomic E-state index is 0.231. The zero-order chi connectivity index (χ0) is 17.6. The van der Waals surface area contributed by atoms with Crippen molar-refractivity contribution in [2.45, 2.75) is 19.6 Å². The van der Waals surface area contributed by atoms with Gasteiger partial charge in [0, 0.05) is 30.9 Å². The number of hydrogen-bond acceptors (Lipinski definition) is 2. The Bertz CT molecular complexity index is 691. The number of benzene rings is 2. The molecule has 126 valence electrons. The van der Waals surface area contributed by atoms with E-state index in [0.717, 1.165) is 17.7 Å². The number of carbonyl (C=O) groups excluding carboxylic acids is 1. The van der Waals surface area contributed by atoms with Gasteiger partial charge in [0.15, 0.2) is 5.78 Å². The van der Waals surface area contributed by atoms with Gasteiger partial charge in [-0.15, -0.1) is 0 Å². The van der Waals surface area contributed by atoms with Crippen molar-refractivity contribution in [2.24, 2.45) is 0 Å². The standard InChI is InChI=1S/C19H18F3NO/c1-2-23(14-15-6-4-3-5-7-15)13-12-18(24)16-8-10-17(11-9-16)19(20,21)22/h3-13H,2,14H2,1H3/b13-12-. The molecule has 0 spiro atoms. The number of rotatable bonds is 6. The zero-order valence-electron chi connectivity index (χ0n) is 13.3. The number of halogens is 3. The van der Waals surface area contributed by atoms with E-state index in [0.29, 0.717) is 13.1 Å². The molecule has 0 atom stereocenters. The molecule has 2 rings (SSSR count). The Hall–Kier alpha value is -2.56. The predicted molar refractivity (Wildman–Crippen MR) is 87.4 cm³/mol. The van der Waals surface area contributed by atoms with E-state index >= 15 is 0 Å². The quantitative estimate of drug-likeness (QED) is 0.552. The monoisotopic (exact) mass is 333 g/mol. The SMILES string of the molecule is CCN(/C=C\C(=O)c1ccc(C(F)(F)F)cc1)Cc1ccccc1. The summed E-state index contributed by atoms with van der Waals surface area (Å²) in [4.78, 5) is 14.0. The number of hydrogen-bond donors (Lipinski definition) is 0. The molecule has 0 radical (unpaired) electrons. The summed E-state index contributed by atoms with van der Waals surface area (Å²) >= 11 is 0. The van der Waals surface area contributed by atoms with E-state index in [9.17, 15) is 18.0 Å². The molecule has 2 nitrogen and oxygen atoms in total. The van der Waals surface area contributed by atoms with Crippen molar-refractivity contribution in [3.8, 4) is 0 Å². The number of carbonyl (C=O) groups is 1. The summed E-state index contributed by atoms with van der Waals surface area (Å²) in [7, 11) is 0. The Balaban J connectivity index is 2.03. The number of nitrogens with zero attached hydrogens (tertiary/aromatic N) is 1. The molecule has 0 saturated heterocycles. The predicted octanol–water partition coefficient (Wildman–Crippen LogP) is 4.92. The Morgan fingerprint density at radius 2 is 1.67 bits per heavy atom. The summed E-state index contributed by atoms with van der Waals surface area (Å²) in [5.41, 5.74) is 0.586. The minimum Gasteiger partial charge on any atom is -0.373 e. The lowest BCUT2D eigenvalue weighted by molar-refractivity contribution is -0.137. The van der Waals surface area contributed by atoms with Gasteiger partial charge in [-0.25, -0.2) is 0 Å². The molecule has 0 amide bonds. The summed E-state index contributed by atoms with van der Waals surface area (Å²) < 4.78 is 37.6. The van der Waals surface area contributed by atoms with Crippen molar-refractivity contribution < 1.29 is 18.0 Å². The molecule has 2 aromatic carbocycles. The van der Waals surface area contributed by atoms with Crippen LogP contribution in [0.5, 0.6) is 0 Å². The lowest BCUT2D eigenvalue weighted by Gasteiger charge is -2.18. The third-order valence-corrected chi connectivity index (χ3v) is 3.57. The number of alkyl halides is 3. The second kappa shape index (κ2) is 7.81. The normalized spacial score (nSPS) is 11.7. The summed E-state index contributed by atoms with van der Waals surface area (Å²) in [5, 5.41) is 0. The van der Waals surface area contributed by atoms with E-state index in [-0.39, 0.29) is 11.3 Å². The van der Waals surface area contributed by atoms with E-state index in [4.69, 9.17) is 0 Å². The highest BCUT2D eigenvalue weighted by Gasteiger charge is 2.30. The summed E-state index contributed by atoms with van der Waals surface area (Å²) in [6.07, 6.45) is -1.34. The van der Waals surface area contributed by atoms with Crippen molar-refractivity contribution >= 4 is 5.78 Å². The summed E-state index contributed by atoms with van der Waals surface area (Å²) in [5.74, 6) is -0.324. The second-order valence-corrected chi connectivity index (χ2v) is 5.30. The highest BCUT2D eigenvalue weighted by molar-refractivity contribution is 6.04. The Morgan fingerprint density at radius 3 is 2.21 bits per heavy atom. The zero-order valence-corrected chi connectivity index (χ0v) is 13.3. The maximum atomic E-state index is 12.5. The molecule has 0 unspecified atom stereocenters. The highest BCUT2D eigenvalue weighted by atomic mass is 19.4. The number of allylic oxidation sites excluding steroid dienone is 1. The van der Waals surface area contributed by atoms with Gasteiger partial charge in [-0.3, -0.25) is 4.79 Å². The molecule has 0 aromatic heterocycles. The maximum Gasteiger partial charge on any atom is 0.416 e. The van der Waals surface area contributed by atoms with Gasteiger partial charge >= 0.3 is 6.18 Å². The fourth-order valence-corrected chi connectivity index (χ4v) is 2.18. The van der Waals surface area contributed by atoms with Crippen LogP contribution in [0.15, 0.2) is 66.9 Å². The first-order valence-electron chi connectivity index (χ1n) is 7.58. The first kappa shape index (κ1) is 17.8. The van der Waals surface area contributed by atoms with Crippen molar-refractivity contribution in [3.63, 3.8) is 0 Å². The van der Waals surface area contributed by atoms with E-state index in [1.807, 2.05) is 42.2 Å². The van der Waals surface area contributed by atoms with Crippen LogP contribution < -0.4 is 0 Å². The lowest BCUT2D eigenvalue weighted by Crippen LogP contribution is -2.16. The van der Waals surface area contributed by atoms with Gasteiger partial charge in [-0.2, -0.15) is 13.2 Å². The third-order valence-electron chi connectivity index (χ3n) is 3.57. The van der Waals surface area contributed by atoms with Crippen molar-refractivity contribution in [2.75, 3.05) is 6.54 Å². The average molecular weight is 333 g/mol. The van der Waals surface area contributed by atoms with E-state index < -0.39 is 11.7 Å². The molecule has 0 heterocycles. The van der Waals surface area contributed by atoms with Crippen LogP contribution >= 0.6 is 0 Å². The molecule has 0 aliphatic rings. The van der Waals surface area contributed by atoms with Crippen LogP contribution in [0.4, 0.5) is 13.2 Å². The molecule has 0 fully saturated rings. The first-order chi connectivity index (χ1) is 11.4. The minimum atomic E-state index is -4.40. The van der Waals surface area contributed by atoms with Gasteiger partial charge in [0.2, 0.25) is 0 Å². The van der Waals surface area contributed by atoms with Gasteiger partial charge in [0.05, 0.1) is 5.56 Å². The van der Waals surface area contributed by atoms with E-state index in [1.54, 1.807) is 6.20 Å². The molecule has 0 saturated carbocycles. The van der Waals surface area contributed by atoms with Crippen molar-refractivity contribution in [3.05, 3.63) is 83.6 Å². The molecule has 24 heavy (non-hydrogen) atoms. The maximum absolute atomic E-state index is 12.5. The summed E-state index contributed by atoms with van der Waals surface area (Å²) in [6, 6.07) is 14.0. The molecule has 0 bridgehead atoms. The molecule has 0 aliphatic carbocycles. The Labute approximate surface area is 139 Å². The van der Waals surface area contributed by atoms with Crippen LogP contribution in [0, 0.1) is 0 Å². The third kappa shape index (κ3) is 4.98. The summed E-state index contributed by atoms with van der Waals surface area (Å²) in [6.45, 7) is 3.34. The Morgan fingerprint density at radius 1 is 1.04 bits per heavy atom. The lowest BCUT2D eigenvalue weighted by atomic mass is 10.1. The molecular weight excluding hydrogens is 315 g/mol. The molecule has 0 N–H and O–H groups in total. The smallest absolute Gasteiger partial charge is 0.373 e. The molecular formula is C19H18F3NO. The average Bonchev–Trinajstić information content (AvgIpc) is 2.58. The van der Waals surface area contributed by atoms with E-state index in [2.05, 4.69) is 0 Å². The van der Waals surface area contributed by atoms with Crippen molar-refractivity contribution in [1.29, 1.82) is 0 Å². The second-order valence-electron chi connectivity index (χ2n) is 5.30. The van der Waals surface area contributed by atoms with Gasteiger partial charge in [0.25, 0.3) is 0 Å². The molecule has 0 aliphatic heterocycles. The van der Waals surface area contributed by atoms with Crippen LogP contribution in [0.2, 0.25) is 0 Å². The topological polar surface area (TPSA) is 20.3 Å². The van der Waals surface area contributed by atoms with E-state index in [1.165, 1.54) is 18.2 Å². The fraction of sp³-hybridized carbons (Fsp3) is 0.211. The largest absolute Gasteiger partial charge is 0.416 e. The fourth-order valence-electron chi connectivity index (χ4n) is 2.18. The highest BCUT2D eigenvalue weighted by Crippen LogP contribution is 2.29. The van der Waals surface area contributed by atoms with Gasteiger partial charge in [0.1, 0.15) is 0 Å². The Kier molecular flexibility index (Phi) is 5.79. The van der Waals surface area contributed by atoms with Gasteiger partial charge in [-0.1, -0.05) is 42.5 Å². The van der Waals surface area contributed by atoms with Crippen molar-refractivity contribution in [1.82, 2.24) is 4.90 Å². The van der Waals surface area contributed by atoms with Crippen LogP contribution in [0.1, 0.15) is 28.4 Å².